The predicted octanol–water partition coefficient (Wildman–Crippen LogP) is 3.46. The Morgan fingerprint density at radius 1 is 1.17 bits per heavy atom. The van der Waals surface area contributed by atoms with Gasteiger partial charge in [0, 0.05) is 29.7 Å². The fourth-order valence-electron chi connectivity index (χ4n) is 3.18. The molecule has 1 aliphatic rings. The summed E-state index contributed by atoms with van der Waals surface area (Å²) < 4.78 is 21.3. The van der Waals surface area contributed by atoms with E-state index in [-0.39, 0.29) is 23.8 Å². The first-order valence-corrected chi connectivity index (χ1v) is 9.32. The maximum Gasteiger partial charge on any atom is 0.338 e. The average Bonchev–Trinajstić information content (AvgIpc) is 3.09. The Morgan fingerprint density at radius 3 is 2.50 bits per heavy atom. The Balaban J connectivity index is 1.84. The van der Waals surface area contributed by atoms with Crippen LogP contribution in [0.25, 0.3) is 0 Å². The predicted molar refractivity (Wildman–Crippen MR) is 105 cm³/mol. The molecule has 9 nitrogen and oxygen atoms in total. The molecule has 0 aromatic heterocycles. The summed E-state index contributed by atoms with van der Waals surface area (Å²) in [6.45, 7) is 4.11. The molecule has 1 atom stereocenters. The molecule has 30 heavy (non-hydrogen) atoms. The Labute approximate surface area is 172 Å². The largest absolute Gasteiger partial charge is 0.493 e. The van der Waals surface area contributed by atoms with Gasteiger partial charge in [0.25, 0.3) is 5.69 Å². The van der Waals surface area contributed by atoms with E-state index in [2.05, 4.69) is 4.74 Å². The monoisotopic (exact) mass is 415 g/mol. The van der Waals surface area contributed by atoms with Gasteiger partial charge in [-0.15, -0.1) is 0 Å². The number of ether oxygens (including phenoxy) is 4. The second kappa shape index (κ2) is 8.81. The van der Waals surface area contributed by atoms with E-state index in [4.69, 9.17) is 14.2 Å². The number of rotatable bonds is 7. The van der Waals surface area contributed by atoms with E-state index in [9.17, 15) is 19.7 Å². The van der Waals surface area contributed by atoms with Crippen LogP contribution in [0.3, 0.4) is 0 Å². The highest BCUT2D eigenvalue weighted by Crippen LogP contribution is 2.35. The minimum absolute atomic E-state index is 0.0499. The first-order chi connectivity index (χ1) is 14.3. The van der Waals surface area contributed by atoms with Crippen LogP contribution in [0.5, 0.6) is 11.5 Å². The van der Waals surface area contributed by atoms with Crippen molar-refractivity contribution in [2.75, 3.05) is 13.7 Å². The maximum absolute atomic E-state index is 12.5. The lowest BCUT2D eigenvalue weighted by atomic mass is 10.1. The smallest absolute Gasteiger partial charge is 0.338 e. The van der Waals surface area contributed by atoms with Crippen molar-refractivity contribution >= 4 is 17.6 Å². The molecule has 158 valence electrons. The average molecular weight is 415 g/mol. The summed E-state index contributed by atoms with van der Waals surface area (Å²) in [5, 5.41) is 11.1. The van der Waals surface area contributed by atoms with Gasteiger partial charge in [0.05, 0.1) is 29.8 Å². The minimum Gasteiger partial charge on any atom is -0.493 e. The molecule has 0 saturated carbocycles. The minimum atomic E-state index is -0.818. The van der Waals surface area contributed by atoms with Gasteiger partial charge in [-0.1, -0.05) is 0 Å². The number of nitro benzene ring substituents is 1. The molecule has 0 spiro atoms. The summed E-state index contributed by atoms with van der Waals surface area (Å²) in [5.74, 6) is -0.325. The molecule has 2 aromatic carbocycles. The molecule has 0 amide bonds. The third kappa shape index (κ3) is 4.51. The highest BCUT2D eigenvalue weighted by atomic mass is 16.6. The number of nitrogens with zero attached hydrogens (tertiary/aromatic N) is 1. The Morgan fingerprint density at radius 2 is 1.87 bits per heavy atom. The lowest BCUT2D eigenvalue weighted by molar-refractivity contribution is -0.384. The Kier molecular flexibility index (Phi) is 6.20. The summed E-state index contributed by atoms with van der Waals surface area (Å²) >= 11 is 0. The number of fused-ring (bicyclic) bond motifs is 1. The zero-order valence-corrected chi connectivity index (χ0v) is 16.8. The van der Waals surface area contributed by atoms with Crippen molar-refractivity contribution in [3.05, 3.63) is 62.7 Å². The molecule has 3 rings (SSSR count). The van der Waals surface area contributed by atoms with Crippen LogP contribution in [0.4, 0.5) is 5.69 Å². The molecule has 0 aliphatic carbocycles. The third-order valence-electron chi connectivity index (χ3n) is 4.52. The van der Waals surface area contributed by atoms with Crippen LogP contribution in [0, 0.1) is 10.1 Å². The van der Waals surface area contributed by atoms with Crippen molar-refractivity contribution in [1.29, 1.82) is 0 Å². The number of carbonyl (C=O) groups is 2. The zero-order valence-electron chi connectivity index (χ0n) is 16.8. The third-order valence-corrected chi connectivity index (χ3v) is 4.52. The Hall–Kier alpha value is -3.62. The molecule has 0 radical (unpaired) electrons. The van der Waals surface area contributed by atoms with Crippen LogP contribution < -0.4 is 9.47 Å². The number of non-ortho nitro benzene ring substituents is 1. The van der Waals surface area contributed by atoms with Gasteiger partial charge in [-0.3, -0.25) is 10.1 Å². The van der Waals surface area contributed by atoms with Gasteiger partial charge in [-0.05, 0) is 32.0 Å². The van der Waals surface area contributed by atoms with Gasteiger partial charge < -0.3 is 18.9 Å². The fourth-order valence-corrected chi connectivity index (χ4v) is 3.18. The van der Waals surface area contributed by atoms with Crippen LogP contribution in [-0.2, 0) is 22.5 Å². The molecule has 2 aromatic rings. The standard InChI is InChI=1S/C21H21NO8/c1-4-28-18-9-13-5-12(2)30-19(13)10-16(18)11-29-21(24)15-6-14(20(23)27-3)7-17(8-15)22(25)26/h6-10,12H,4-5,11H2,1-3H3. The quantitative estimate of drug-likeness (QED) is 0.384. The molecule has 0 N–H and O–H groups in total. The fraction of sp³-hybridized carbons (Fsp3) is 0.333. The van der Waals surface area contributed by atoms with Crippen molar-refractivity contribution in [3.63, 3.8) is 0 Å². The number of benzene rings is 2. The van der Waals surface area contributed by atoms with Crippen LogP contribution in [0.1, 0.15) is 45.7 Å². The van der Waals surface area contributed by atoms with Crippen molar-refractivity contribution in [2.45, 2.75) is 33.0 Å². The summed E-state index contributed by atoms with van der Waals surface area (Å²) in [7, 11) is 1.14. The molecular formula is C21H21NO8. The maximum atomic E-state index is 12.5. The molecule has 0 bridgehead atoms. The normalized spacial score (nSPS) is 14.4. The van der Waals surface area contributed by atoms with E-state index in [1.54, 1.807) is 6.07 Å². The summed E-state index contributed by atoms with van der Waals surface area (Å²) in [5.41, 5.74) is 0.959. The van der Waals surface area contributed by atoms with Crippen LogP contribution in [0.15, 0.2) is 30.3 Å². The van der Waals surface area contributed by atoms with Crippen molar-refractivity contribution in [3.8, 4) is 11.5 Å². The highest BCUT2D eigenvalue weighted by molar-refractivity contribution is 5.96. The summed E-state index contributed by atoms with van der Waals surface area (Å²) in [4.78, 5) is 34.8. The topological polar surface area (TPSA) is 114 Å². The van der Waals surface area contributed by atoms with Gasteiger partial charge in [0.1, 0.15) is 24.2 Å². The molecule has 0 saturated heterocycles. The number of methoxy groups -OCH3 is 1. The van der Waals surface area contributed by atoms with E-state index < -0.39 is 22.5 Å². The van der Waals surface area contributed by atoms with Gasteiger partial charge in [0.2, 0.25) is 0 Å². The van der Waals surface area contributed by atoms with Crippen molar-refractivity contribution in [1.82, 2.24) is 0 Å². The van der Waals surface area contributed by atoms with Crippen LogP contribution >= 0.6 is 0 Å². The molecular weight excluding hydrogens is 394 g/mol. The van der Waals surface area contributed by atoms with Crippen LogP contribution in [0.2, 0.25) is 0 Å². The zero-order chi connectivity index (χ0) is 21.8. The lowest BCUT2D eigenvalue weighted by Crippen LogP contribution is -2.10. The van der Waals surface area contributed by atoms with Crippen molar-refractivity contribution in [2.24, 2.45) is 0 Å². The van der Waals surface area contributed by atoms with E-state index in [1.807, 2.05) is 19.9 Å². The second-order valence-electron chi connectivity index (χ2n) is 6.73. The summed E-state index contributed by atoms with van der Waals surface area (Å²) in [6.07, 6.45) is 0.813. The first-order valence-electron chi connectivity index (χ1n) is 9.32. The SMILES string of the molecule is CCOc1cc2c(cc1COC(=O)c1cc(C(=O)OC)cc([N+](=O)[O-])c1)OC(C)C2. The number of hydrogen-bond acceptors (Lipinski definition) is 8. The summed E-state index contributed by atoms with van der Waals surface area (Å²) in [6, 6.07) is 6.91. The molecule has 9 heteroatoms. The first kappa shape index (κ1) is 21.1. The van der Waals surface area contributed by atoms with Crippen molar-refractivity contribution < 1.29 is 33.5 Å². The number of carbonyl (C=O) groups excluding carboxylic acids is 2. The van der Waals surface area contributed by atoms with Gasteiger partial charge in [-0.2, -0.15) is 0 Å². The molecule has 1 aliphatic heterocycles. The van der Waals surface area contributed by atoms with E-state index >= 15 is 0 Å². The molecule has 0 fully saturated rings. The van der Waals surface area contributed by atoms with E-state index in [0.717, 1.165) is 31.2 Å². The number of nitro groups is 1. The van der Waals surface area contributed by atoms with E-state index in [0.29, 0.717) is 23.7 Å². The van der Waals surface area contributed by atoms with Gasteiger partial charge in [0.15, 0.2) is 0 Å². The highest BCUT2D eigenvalue weighted by Gasteiger charge is 2.23. The lowest BCUT2D eigenvalue weighted by Gasteiger charge is -2.13. The van der Waals surface area contributed by atoms with Gasteiger partial charge in [-0.25, -0.2) is 9.59 Å². The Bertz CT molecular complexity index is 1000. The number of hydrogen-bond donors (Lipinski definition) is 0. The van der Waals surface area contributed by atoms with Gasteiger partial charge >= 0.3 is 11.9 Å². The molecule has 1 heterocycles. The number of esters is 2. The molecule has 1 unspecified atom stereocenters. The van der Waals surface area contributed by atoms with Crippen LogP contribution in [-0.4, -0.2) is 36.7 Å². The van der Waals surface area contributed by atoms with E-state index in [1.165, 1.54) is 6.07 Å². The second-order valence-corrected chi connectivity index (χ2v) is 6.73.